The topological polar surface area (TPSA) is 37.3 Å². The molecule has 0 aromatic heterocycles. The van der Waals surface area contributed by atoms with Gasteiger partial charge in [0.25, 0.3) is 0 Å². The molecule has 0 spiro atoms. The minimum Gasteiger partial charge on any atom is -0.507 e. The first kappa shape index (κ1) is 21.4. The van der Waals surface area contributed by atoms with E-state index in [-0.39, 0.29) is 27.4 Å². The lowest BCUT2D eigenvalue weighted by Crippen LogP contribution is -2.18. The number of hydrogen-bond acceptors (Lipinski definition) is 3. The van der Waals surface area contributed by atoms with Crippen LogP contribution in [0.2, 0.25) is 0 Å². The Morgan fingerprint density at radius 3 is 1.74 bits per heavy atom. The second-order valence-electron chi connectivity index (χ2n) is 8.77. The van der Waals surface area contributed by atoms with Gasteiger partial charge in [-0.3, -0.25) is 4.79 Å². The molecule has 0 radical (unpaired) electrons. The molecule has 0 unspecified atom stereocenters. The zero-order valence-corrected chi connectivity index (χ0v) is 17.4. The maximum absolute atomic E-state index is 13.3. The maximum Gasteiger partial charge on any atom is 0.219 e. The molecule has 0 bridgehead atoms. The van der Waals surface area contributed by atoms with E-state index in [4.69, 9.17) is 0 Å². The number of carbonyl (C=O) groups excluding carboxylic acids is 1. The first-order valence-corrected chi connectivity index (χ1v) is 9.77. The fourth-order valence-electron chi connectivity index (χ4n) is 2.82. The van der Waals surface area contributed by atoms with Crippen LogP contribution in [0.4, 0.5) is 8.78 Å². The number of carbonyl (C=O) groups is 1. The van der Waals surface area contributed by atoms with Gasteiger partial charge in [0, 0.05) is 28.5 Å². The summed E-state index contributed by atoms with van der Waals surface area (Å²) in [6.45, 7) is 11.9. The molecule has 2 aromatic rings. The molecule has 1 N–H and O–H groups in total. The lowest BCUT2D eigenvalue weighted by Gasteiger charge is -2.28. The van der Waals surface area contributed by atoms with Crippen molar-refractivity contribution < 1.29 is 18.7 Å². The highest BCUT2D eigenvalue weighted by atomic mass is 32.2. The standard InChI is InChI=1S/C22H26F2O2S/c1-21(2,3)17-9-14(10-18(19(17)25)22(4,5)6)20(26)27-12-13-7-15(23)11-16(24)8-13/h7-11,25H,12H2,1-6H3. The van der Waals surface area contributed by atoms with Crippen molar-refractivity contribution in [2.75, 3.05) is 0 Å². The van der Waals surface area contributed by atoms with E-state index in [1.165, 1.54) is 12.1 Å². The number of hydrogen-bond donors (Lipinski definition) is 1. The molecule has 0 heterocycles. The summed E-state index contributed by atoms with van der Waals surface area (Å²) >= 11 is 0.991. The molecule has 0 aliphatic rings. The van der Waals surface area contributed by atoms with E-state index in [9.17, 15) is 18.7 Å². The van der Waals surface area contributed by atoms with Gasteiger partial charge in [-0.1, -0.05) is 53.3 Å². The molecule has 0 fully saturated rings. The molecule has 27 heavy (non-hydrogen) atoms. The van der Waals surface area contributed by atoms with Crippen molar-refractivity contribution in [1.82, 2.24) is 0 Å². The Labute approximate surface area is 164 Å². The zero-order chi connectivity index (χ0) is 20.6. The lowest BCUT2D eigenvalue weighted by molar-refractivity contribution is 0.108. The highest BCUT2D eigenvalue weighted by molar-refractivity contribution is 8.13. The van der Waals surface area contributed by atoms with E-state index in [0.717, 1.165) is 17.8 Å². The van der Waals surface area contributed by atoms with E-state index in [1.54, 1.807) is 12.1 Å². The van der Waals surface area contributed by atoms with Gasteiger partial charge < -0.3 is 5.11 Å². The molecule has 2 aromatic carbocycles. The summed E-state index contributed by atoms with van der Waals surface area (Å²) in [6.07, 6.45) is 0. The van der Waals surface area contributed by atoms with E-state index in [0.29, 0.717) is 22.3 Å². The van der Waals surface area contributed by atoms with E-state index in [1.807, 2.05) is 41.5 Å². The minimum absolute atomic E-state index is 0.171. The van der Waals surface area contributed by atoms with Gasteiger partial charge in [0.05, 0.1) is 0 Å². The third-order valence-corrected chi connectivity index (χ3v) is 5.23. The van der Waals surface area contributed by atoms with Crippen molar-refractivity contribution in [3.05, 3.63) is 64.2 Å². The first-order valence-electron chi connectivity index (χ1n) is 8.79. The monoisotopic (exact) mass is 392 g/mol. The molecule has 0 saturated carbocycles. The van der Waals surface area contributed by atoms with E-state index in [2.05, 4.69) is 0 Å². The van der Waals surface area contributed by atoms with Gasteiger partial charge in [0.2, 0.25) is 5.12 Å². The predicted octanol–water partition coefficient (Wildman–Crippen LogP) is 6.34. The highest BCUT2D eigenvalue weighted by Crippen LogP contribution is 2.40. The Hall–Kier alpha value is -1.88. The number of halogens is 2. The molecule has 5 heteroatoms. The second kappa shape index (κ2) is 7.63. The summed E-state index contributed by atoms with van der Waals surface area (Å²) in [6, 6.07) is 6.68. The quantitative estimate of drug-likeness (QED) is 0.662. The molecular formula is C22H26F2O2S. The van der Waals surface area contributed by atoms with Gasteiger partial charge in [-0.15, -0.1) is 0 Å². The van der Waals surface area contributed by atoms with E-state index < -0.39 is 11.6 Å². The van der Waals surface area contributed by atoms with Crippen LogP contribution in [-0.4, -0.2) is 10.2 Å². The molecule has 0 atom stereocenters. The summed E-state index contributed by atoms with van der Waals surface area (Å²) in [5.74, 6) is -0.937. The van der Waals surface area contributed by atoms with Crippen molar-refractivity contribution in [2.24, 2.45) is 0 Å². The van der Waals surface area contributed by atoms with Crippen LogP contribution in [0, 0.1) is 11.6 Å². The van der Waals surface area contributed by atoms with Gasteiger partial charge in [0.1, 0.15) is 17.4 Å². The van der Waals surface area contributed by atoms with Crippen LogP contribution in [-0.2, 0) is 16.6 Å². The van der Waals surface area contributed by atoms with Crippen molar-refractivity contribution in [1.29, 1.82) is 0 Å². The number of rotatable bonds is 3. The number of phenols is 1. The molecule has 2 rings (SSSR count). The third-order valence-electron chi connectivity index (χ3n) is 4.25. The lowest BCUT2D eigenvalue weighted by atomic mass is 9.78. The molecule has 0 aliphatic heterocycles. The molecule has 2 nitrogen and oxygen atoms in total. The average molecular weight is 393 g/mol. The van der Waals surface area contributed by atoms with Crippen LogP contribution >= 0.6 is 11.8 Å². The van der Waals surface area contributed by atoms with Gasteiger partial charge >= 0.3 is 0 Å². The Morgan fingerprint density at radius 1 is 0.889 bits per heavy atom. The van der Waals surface area contributed by atoms with Gasteiger partial charge in [-0.05, 0) is 40.7 Å². The van der Waals surface area contributed by atoms with Crippen LogP contribution in [0.25, 0.3) is 0 Å². The number of aromatic hydroxyl groups is 1. The average Bonchev–Trinajstić information content (AvgIpc) is 2.49. The third kappa shape index (κ3) is 5.32. The first-order chi connectivity index (χ1) is 12.3. The van der Waals surface area contributed by atoms with Crippen molar-refractivity contribution in [2.45, 2.75) is 58.1 Å². The molecular weight excluding hydrogens is 366 g/mol. The Bertz CT molecular complexity index is 806. The summed E-state index contributed by atoms with van der Waals surface area (Å²) < 4.78 is 26.7. The number of benzene rings is 2. The summed E-state index contributed by atoms with van der Waals surface area (Å²) in [5, 5.41) is 10.5. The fourth-order valence-corrected chi connectivity index (χ4v) is 3.57. The van der Waals surface area contributed by atoms with Crippen LogP contribution < -0.4 is 0 Å². The summed E-state index contributed by atoms with van der Waals surface area (Å²) in [5.41, 5.74) is 1.63. The van der Waals surface area contributed by atoms with Gasteiger partial charge in [-0.2, -0.15) is 0 Å². The Balaban J connectivity index is 2.37. The van der Waals surface area contributed by atoms with Gasteiger partial charge in [0.15, 0.2) is 0 Å². The largest absolute Gasteiger partial charge is 0.507 e. The predicted molar refractivity (Wildman–Crippen MR) is 107 cm³/mol. The summed E-state index contributed by atoms with van der Waals surface area (Å²) in [7, 11) is 0. The molecule has 0 amide bonds. The molecule has 0 saturated heterocycles. The molecule has 0 aliphatic carbocycles. The van der Waals surface area contributed by atoms with Crippen LogP contribution in [0.5, 0.6) is 5.75 Å². The Kier molecular flexibility index (Phi) is 6.05. The van der Waals surface area contributed by atoms with Crippen molar-refractivity contribution in [3.8, 4) is 5.75 Å². The molecule has 146 valence electrons. The van der Waals surface area contributed by atoms with Crippen LogP contribution in [0.3, 0.4) is 0 Å². The van der Waals surface area contributed by atoms with Crippen LogP contribution in [0.1, 0.15) is 68.6 Å². The maximum atomic E-state index is 13.3. The second-order valence-corrected chi connectivity index (χ2v) is 9.72. The number of thioether (sulfide) groups is 1. The SMILES string of the molecule is CC(C)(C)c1cc(C(=O)SCc2cc(F)cc(F)c2)cc(C(C)(C)C)c1O. The zero-order valence-electron chi connectivity index (χ0n) is 16.6. The van der Waals surface area contributed by atoms with Gasteiger partial charge in [-0.25, -0.2) is 8.78 Å². The smallest absolute Gasteiger partial charge is 0.219 e. The normalized spacial score (nSPS) is 12.3. The van der Waals surface area contributed by atoms with Crippen molar-refractivity contribution in [3.63, 3.8) is 0 Å². The van der Waals surface area contributed by atoms with Crippen molar-refractivity contribution >= 4 is 16.9 Å². The summed E-state index contributed by atoms with van der Waals surface area (Å²) in [4.78, 5) is 12.8. The number of phenolic OH excluding ortho intramolecular Hbond substituents is 1. The fraction of sp³-hybridized carbons (Fsp3) is 0.409. The van der Waals surface area contributed by atoms with E-state index >= 15 is 0 Å². The van der Waals surface area contributed by atoms with Crippen LogP contribution in [0.15, 0.2) is 30.3 Å². The minimum atomic E-state index is -0.660. The Morgan fingerprint density at radius 2 is 1.33 bits per heavy atom. The highest BCUT2D eigenvalue weighted by Gasteiger charge is 2.27.